The van der Waals surface area contributed by atoms with Crippen LogP contribution in [0, 0.1) is 0 Å². The third-order valence-corrected chi connectivity index (χ3v) is 4.71. The highest BCUT2D eigenvalue weighted by molar-refractivity contribution is 5.79. The number of nitrogens with zero attached hydrogens (tertiary/aromatic N) is 3. The summed E-state index contributed by atoms with van der Waals surface area (Å²) in [5.41, 5.74) is 0.979. The molecule has 0 saturated carbocycles. The number of anilines is 2. The molecule has 0 bridgehead atoms. The molecule has 3 heterocycles. The molecule has 1 aromatic carbocycles. The third kappa shape index (κ3) is 4.23. The van der Waals surface area contributed by atoms with Gasteiger partial charge in [-0.05, 0) is 29.8 Å². The highest BCUT2D eigenvalue weighted by Gasteiger charge is 2.31. The fourth-order valence-corrected chi connectivity index (χ4v) is 3.22. The molecule has 6 nitrogen and oxygen atoms in total. The maximum atomic E-state index is 12.9. The van der Waals surface area contributed by atoms with Crippen molar-refractivity contribution >= 4 is 17.4 Å². The molecule has 0 aliphatic carbocycles. The molecular formula is C20H17F3N4O2. The summed E-state index contributed by atoms with van der Waals surface area (Å²) in [6.45, 7) is 0.767. The normalized spacial score (nSPS) is 13.8. The molecule has 1 N–H and O–H groups in total. The third-order valence-electron chi connectivity index (χ3n) is 4.71. The minimum atomic E-state index is -4.43. The second-order valence-electron chi connectivity index (χ2n) is 6.74. The van der Waals surface area contributed by atoms with E-state index in [0.29, 0.717) is 30.1 Å². The number of hydrogen-bond donors (Lipinski definition) is 1. The molecule has 0 radical (unpaired) electrons. The number of benzene rings is 1. The van der Waals surface area contributed by atoms with Crippen molar-refractivity contribution < 1.29 is 22.5 Å². The molecule has 4 rings (SSSR count). The topological polar surface area (TPSA) is 71.3 Å². The van der Waals surface area contributed by atoms with E-state index >= 15 is 0 Å². The van der Waals surface area contributed by atoms with Crippen LogP contribution in [-0.4, -0.2) is 27.5 Å². The van der Waals surface area contributed by atoms with Crippen molar-refractivity contribution in [1.82, 2.24) is 15.0 Å². The fourth-order valence-electron chi connectivity index (χ4n) is 3.22. The van der Waals surface area contributed by atoms with Crippen LogP contribution < -0.4 is 5.32 Å². The number of amides is 1. The predicted octanol–water partition coefficient (Wildman–Crippen LogP) is 3.96. The Morgan fingerprint density at radius 3 is 2.86 bits per heavy atom. The SMILES string of the molecule is O=C(Cc1cccnc1)N1CCc2onc(Nc3cccc(C(F)(F)F)c3)c2C1. The van der Waals surface area contributed by atoms with E-state index in [-0.39, 0.29) is 24.6 Å². The molecule has 29 heavy (non-hydrogen) atoms. The lowest BCUT2D eigenvalue weighted by Crippen LogP contribution is -2.36. The van der Waals surface area contributed by atoms with E-state index in [0.717, 1.165) is 17.7 Å². The van der Waals surface area contributed by atoms with E-state index in [4.69, 9.17) is 4.52 Å². The van der Waals surface area contributed by atoms with Crippen LogP contribution in [0.4, 0.5) is 24.7 Å². The Labute approximate surface area is 164 Å². The molecule has 0 atom stereocenters. The zero-order valence-electron chi connectivity index (χ0n) is 15.2. The Balaban J connectivity index is 1.50. The highest BCUT2D eigenvalue weighted by atomic mass is 19.4. The number of carbonyl (C=O) groups is 1. The number of pyridine rings is 1. The van der Waals surface area contributed by atoms with Crippen molar-refractivity contribution in [3.8, 4) is 0 Å². The van der Waals surface area contributed by atoms with Gasteiger partial charge < -0.3 is 14.7 Å². The van der Waals surface area contributed by atoms with Gasteiger partial charge in [0.15, 0.2) is 5.82 Å². The van der Waals surface area contributed by atoms with Crippen LogP contribution in [0.25, 0.3) is 0 Å². The van der Waals surface area contributed by atoms with Crippen LogP contribution >= 0.6 is 0 Å². The zero-order valence-corrected chi connectivity index (χ0v) is 15.2. The molecule has 0 unspecified atom stereocenters. The number of halogens is 3. The fraction of sp³-hybridized carbons (Fsp3) is 0.250. The summed E-state index contributed by atoms with van der Waals surface area (Å²) in [5.74, 6) is 0.887. The van der Waals surface area contributed by atoms with Gasteiger partial charge in [0.2, 0.25) is 5.91 Å². The summed E-state index contributed by atoms with van der Waals surface area (Å²) in [6.07, 6.45) is -0.427. The number of fused-ring (bicyclic) bond motifs is 1. The van der Waals surface area contributed by atoms with Gasteiger partial charge in [-0.2, -0.15) is 13.2 Å². The Morgan fingerprint density at radius 2 is 2.10 bits per heavy atom. The van der Waals surface area contributed by atoms with Crippen LogP contribution in [0.3, 0.4) is 0 Å². The van der Waals surface area contributed by atoms with Gasteiger partial charge in [0, 0.05) is 31.0 Å². The van der Waals surface area contributed by atoms with Crippen LogP contribution in [0.2, 0.25) is 0 Å². The number of hydrogen-bond acceptors (Lipinski definition) is 5. The van der Waals surface area contributed by atoms with Gasteiger partial charge in [-0.3, -0.25) is 9.78 Å². The van der Waals surface area contributed by atoms with Gasteiger partial charge in [-0.1, -0.05) is 17.3 Å². The molecule has 0 fully saturated rings. The summed E-state index contributed by atoms with van der Waals surface area (Å²) < 4.78 is 44.1. The smallest absolute Gasteiger partial charge is 0.359 e. The first-order chi connectivity index (χ1) is 13.9. The summed E-state index contributed by atoms with van der Waals surface area (Å²) in [5, 5.41) is 6.83. The first kappa shape index (κ1) is 19.0. The molecule has 0 spiro atoms. The summed E-state index contributed by atoms with van der Waals surface area (Å²) in [6, 6.07) is 8.46. The Kier molecular flexibility index (Phi) is 4.96. The van der Waals surface area contributed by atoms with E-state index in [1.807, 2.05) is 6.07 Å². The first-order valence-corrected chi connectivity index (χ1v) is 8.98. The average molecular weight is 402 g/mol. The van der Waals surface area contributed by atoms with Gasteiger partial charge >= 0.3 is 6.18 Å². The van der Waals surface area contributed by atoms with Crippen molar-refractivity contribution in [3.05, 3.63) is 71.2 Å². The van der Waals surface area contributed by atoms with Crippen molar-refractivity contribution in [2.75, 3.05) is 11.9 Å². The van der Waals surface area contributed by atoms with Crippen LogP contribution in [-0.2, 0) is 30.4 Å². The molecule has 0 saturated heterocycles. The van der Waals surface area contributed by atoms with Crippen LogP contribution in [0.5, 0.6) is 0 Å². The van der Waals surface area contributed by atoms with Gasteiger partial charge in [-0.25, -0.2) is 0 Å². The Morgan fingerprint density at radius 1 is 1.24 bits per heavy atom. The Hall–Kier alpha value is -3.36. The molecule has 3 aromatic rings. The van der Waals surface area contributed by atoms with E-state index in [1.54, 1.807) is 23.4 Å². The number of alkyl halides is 3. The van der Waals surface area contributed by atoms with Crippen molar-refractivity contribution in [3.63, 3.8) is 0 Å². The number of carbonyl (C=O) groups excluding carboxylic acids is 1. The van der Waals surface area contributed by atoms with Gasteiger partial charge in [0.1, 0.15) is 5.76 Å². The second kappa shape index (κ2) is 7.57. The van der Waals surface area contributed by atoms with Crippen LogP contribution in [0.1, 0.15) is 22.5 Å². The number of aromatic nitrogens is 2. The standard InChI is InChI=1S/C20H17F3N4O2/c21-20(22,23)14-4-1-5-15(10-14)25-19-16-12-27(8-6-17(16)29-26-19)18(28)9-13-3-2-7-24-11-13/h1-5,7,10-11H,6,8-9,12H2,(H,25,26). The Bertz CT molecular complexity index is 1020. The maximum absolute atomic E-state index is 12.9. The summed E-state index contributed by atoms with van der Waals surface area (Å²) in [4.78, 5) is 18.3. The molecule has 9 heteroatoms. The quantitative estimate of drug-likeness (QED) is 0.715. The van der Waals surface area contributed by atoms with Gasteiger partial charge in [0.25, 0.3) is 0 Å². The van der Waals surface area contributed by atoms with E-state index < -0.39 is 11.7 Å². The second-order valence-corrected chi connectivity index (χ2v) is 6.74. The van der Waals surface area contributed by atoms with E-state index in [9.17, 15) is 18.0 Å². The molecule has 150 valence electrons. The lowest BCUT2D eigenvalue weighted by molar-refractivity contribution is -0.137. The lowest BCUT2D eigenvalue weighted by atomic mass is 10.1. The molecule has 2 aromatic heterocycles. The monoisotopic (exact) mass is 402 g/mol. The van der Waals surface area contributed by atoms with Gasteiger partial charge in [0.05, 0.1) is 24.1 Å². The number of rotatable bonds is 4. The first-order valence-electron chi connectivity index (χ1n) is 8.98. The summed E-state index contributed by atoms with van der Waals surface area (Å²) in [7, 11) is 0. The lowest BCUT2D eigenvalue weighted by Gasteiger charge is -2.26. The molecule has 1 amide bonds. The van der Waals surface area contributed by atoms with E-state index in [1.165, 1.54) is 12.1 Å². The van der Waals surface area contributed by atoms with Gasteiger partial charge in [-0.15, -0.1) is 0 Å². The zero-order chi connectivity index (χ0) is 20.4. The number of nitrogens with one attached hydrogen (secondary N) is 1. The van der Waals surface area contributed by atoms with Crippen molar-refractivity contribution in [2.24, 2.45) is 0 Å². The summed E-state index contributed by atoms with van der Waals surface area (Å²) >= 11 is 0. The highest BCUT2D eigenvalue weighted by Crippen LogP contribution is 2.33. The van der Waals surface area contributed by atoms with Crippen molar-refractivity contribution in [1.29, 1.82) is 0 Å². The predicted molar refractivity (Wildman–Crippen MR) is 98.3 cm³/mol. The molecule has 1 aliphatic rings. The minimum Gasteiger partial charge on any atom is -0.359 e. The average Bonchev–Trinajstić information content (AvgIpc) is 3.10. The van der Waals surface area contributed by atoms with Crippen LogP contribution in [0.15, 0.2) is 53.3 Å². The maximum Gasteiger partial charge on any atom is 0.416 e. The van der Waals surface area contributed by atoms with E-state index in [2.05, 4.69) is 15.5 Å². The van der Waals surface area contributed by atoms with Crippen molar-refractivity contribution in [2.45, 2.75) is 25.6 Å². The molecular weight excluding hydrogens is 385 g/mol. The largest absolute Gasteiger partial charge is 0.416 e. The molecule has 1 aliphatic heterocycles. The minimum absolute atomic E-state index is 0.0603.